The molecule has 1 heterocycles. The highest BCUT2D eigenvalue weighted by Crippen LogP contribution is 2.37. The number of imide groups is 1. The van der Waals surface area contributed by atoms with Crippen LogP contribution in [-0.4, -0.2) is 33.4 Å². The van der Waals surface area contributed by atoms with Gasteiger partial charge in [-0.2, -0.15) is 22.4 Å². The van der Waals surface area contributed by atoms with Gasteiger partial charge in [0.1, 0.15) is 0 Å². The first-order valence-electron chi connectivity index (χ1n) is 6.22. The van der Waals surface area contributed by atoms with Gasteiger partial charge in [0.25, 0.3) is 0 Å². The van der Waals surface area contributed by atoms with Crippen molar-refractivity contribution in [2.45, 2.75) is 38.8 Å². The molecule has 1 saturated heterocycles. The van der Waals surface area contributed by atoms with Crippen LogP contribution in [0.3, 0.4) is 0 Å². The van der Waals surface area contributed by atoms with Gasteiger partial charge in [-0.15, -0.1) is 8.46 Å². The molecule has 1 aliphatic rings. The molecule has 1 rings (SSSR count). The molecule has 105 valence electrons. The van der Waals surface area contributed by atoms with E-state index in [9.17, 15) is 9.59 Å². The van der Waals surface area contributed by atoms with E-state index in [2.05, 4.69) is 41.1 Å². The second-order valence-corrected chi connectivity index (χ2v) is 9.21. The molecule has 19 heavy (non-hydrogen) atoms. The first-order valence-corrected chi connectivity index (χ1v) is 8.54. The summed E-state index contributed by atoms with van der Waals surface area (Å²) in [5, 5.41) is 0.209. The average Bonchev–Trinajstić information content (AvgIpc) is 2.52. The van der Waals surface area contributed by atoms with Gasteiger partial charge in [0, 0.05) is 6.42 Å². The summed E-state index contributed by atoms with van der Waals surface area (Å²) < 4.78 is 0. The highest BCUT2D eigenvalue weighted by molar-refractivity contribution is 14.1. The van der Waals surface area contributed by atoms with Gasteiger partial charge in [-0.05, 0) is 18.5 Å². The lowest BCUT2D eigenvalue weighted by molar-refractivity contribution is -0.138. The van der Waals surface area contributed by atoms with Crippen molar-refractivity contribution in [3.05, 3.63) is 11.6 Å². The summed E-state index contributed by atoms with van der Waals surface area (Å²) in [5.74, 6) is -0.644. The van der Waals surface area contributed by atoms with Crippen LogP contribution in [0.4, 0.5) is 0 Å². The highest BCUT2D eigenvalue weighted by atomic mass is 127. The Morgan fingerprint density at radius 3 is 2.74 bits per heavy atom. The molecule has 1 fully saturated rings. The Hall–Kier alpha value is 0.0649. The van der Waals surface area contributed by atoms with E-state index in [0.717, 1.165) is 19.8 Å². The zero-order valence-corrected chi connectivity index (χ0v) is 14.7. The van der Waals surface area contributed by atoms with E-state index in [0.29, 0.717) is 0 Å². The Bertz CT molecular complexity index is 401. The van der Waals surface area contributed by atoms with Gasteiger partial charge < -0.3 is 5.73 Å². The SMILES string of the molecule is C/C(=C\C1CC(=O)N(CN)C1=O)CC(C)(C)P[B]I. The van der Waals surface area contributed by atoms with Crippen molar-refractivity contribution in [1.29, 1.82) is 0 Å². The molecule has 0 spiro atoms. The van der Waals surface area contributed by atoms with E-state index in [1.165, 1.54) is 5.57 Å². The quantitative estimate of drug-likeness (QED) is 0.247. The molecule has 0 aliphatic carbocycles. The number of likely N-dealkylation sites (tertiary alicyclic amines) is 1. The maximum absolute atomic E-state index is 11.9. The maximum atomic E-state index is 11.9. The summed E-state index contributed by atoms with van der Waals surface area (Å²) >= 11 is 2.27. The van der Waals surface area contributed by atoms with Crippen LogP contribution < -0.4 is 5.73 Å². The molecule has 1 radical (unpaired) electrons. The number of amides is 2. The number of hydrogen-bond donors (Lipinski definition) is 1. The summed E-state index contributed by atoms with van der Waals surface area (Å²) in [6.45, 7) is 6.44. The third-order valence-corrected chi connectivity index (χ3v) is 5.11. The van der Waals surface area contributed by atoms with E-state index < -0.39 is 0 Å². The van der Waals surface area contributed by atoms with Crippen molar-refractivity contribution in [2.75, 3.05) is 6.67 Å². The average molecular weight is 393 g/mol. The Balaban J connectivity index is 2.70. The van der Waals surface area contributed by atoms with Crippen LogP contribution in [0, 0.1) is 5.92 Å². The van der Waals surface area contributed by atoms with Crippen molar-refractivity contribution >= 4 is 47.5 Å². The molecule has 2 amide bonds. The van der Waals surface area contributed by atoms with Crippen LogP contribution in [0.2, 0.25) is 0 Å². The van der Waals surface area contributed by atoms with Crippen molar-refractivity contribution < 1.29 is 9.59 Å². The number of carbonyl (C=O) groups is 2. The third kappa shape index (κ3) is 4.83. The lowest BCUT2D eigenvalue weighted by Gasteiger charge is -2.24. The fourth-order valence-electron chi connectivity index (χ4n) is 2.33. The van der Waals surface area contributed by atoms with Gasteiger partial charge in [-0.25, -0.2) is 0 Å². The zero-order chi connectivity index (χ0) is 14.6. The van der Waals surface area contributed by atoms with Gasteiger partial charge in [0.2, 0.25) is 16.7 Å². The smallest absolute Gasteiger partial charge is 0.237 e. The van der Waals surface area contributed by atoms with Crippen molar-refractivity contribution in [2.24, 2.45) is 11.7 Å². The van der Waals surface area contributed by atoms with Gasteiger partial charge in [0.15, 0.2) is 0 Å². The molecule has 7 heteroatoms. The fraction of sp³-hybridized carbons (Fsp3) is 0.667. The summed E-state index contributed by atoms with van der Waals surface area (Å²) in [5.41, 5.74) is 6.58. The maximum Gasteiger partial charge on any atom is 0.237 e. The van der Waals surface area contributed by atoms with Crippen LogP contribution in [-0.2, 0) is 9.59 Å². The number of halogens is 1. The molecule has 0 saturated carbocycles. The minimum Gasteiger partial charge on any atom is -0.313 e. The van der Waals surface area contributed by atoms with Crippen molar-refractivity contribution in [3.8, 4) is 0 Å². The van der Waals surface area contributed by atoms with E-state index in [1.807, 2.05) is 13.0 Å². The van der Waals surface area contributed by atoms with Crippen LogP contribution in [0.1, 0.15) is 33.6 Å². The molecule has 0 aromatic rings. The van der Waals surface area contributed by atoms with E-state index in [4.69, 9.17) is 5.73 Å². The first-order chi connectivity index (χ1) is 8.80. The monoisotopic (exact) mass is 393 g/mol. The predicted octanol–water partition coefficient (Wildman–Crippen LogP) is 2.04. The molecule has 0 bridgehead atoms. The molecule has 2 atom stereocenters. The van der Waals surface area contributed by atoms with Crippen molar-refractivity contribution in [3.63, 3.8) is 0 Å². The Labute approximate surface area is 130 Å². The van der Waals surface area contributed by atoms with E-state index in [-0.39, 0.29) is 36.0 Å². The van der Waals surface area contributed by atoms with Crippen LogP contribution in [0.15, 0.2) is 11.6 Å². The lowest BCUT2D eigenvalue weighted by Crippen LogP contribution is -2.35. The fourth-order valence-corrected chi connectivity index (χ4v) is 5.53. The minimum absolute atomic E-state index is 0.0161. The number of rotatable bonds is 6. The van der Waals surface area contributed by atoms with Crippen molar-refractivity contribution in [1.82, 2.24) is 4.90 Å². The molecular formula is C12H20BIN2O2P. The van der Waals surface area contributed by atoms with Crippen LogP contribution in [0.5, 0.6) is 0 Å². The largest absolute Gasteiger partial charge is 0.313 e. The topological polar surface area (TPSA) is 63.4 Å². The van der Waals surface area contributed by atoms with Gasteiger partial charge in [0.05, 0.1) is 12.6 Å². The minimum atomic E-state index is -0.321. The summed E-state index contributed by atoms with van der Waals surface area (Å²) in [4.78, 5) is 26.8. The summed E-state index contributed by atoms with van der Waals surface area (Å²) in [6.07, 6.45) is 3.13. The lowest BCUT2D eigenvalue weighted by atomic mass is 9.98. The third-order valence-electron chi connectivity index (χ3n) is 3.11. The molecule has 2 unspecified atom stereocenters. The molecular weight excluding hydrogens is 373 g/mol. The van der Waals surface area contributed by atoms with E-state index in [1.54, 1.807) is 0 Å². The van der Waals surface area contributed by atoms with Crippen LogP contribution in [0.25, 0.3) is 0 Å². The van der Waals surface area contributed by atoms with Gasteiger partial charge in [-0.1, -0.05) is 25.5 Å². The predicted molar refractivity (Wildman–Crippen MR) is 89.6 cm³/mol. The molecule has 1 aliphatic heterocycles. The Morgan fingerprint density at radius 1 is 1.63 bits per heavy atom. The molecule has 2 N–H and O–H groups in total. The van der Waals surface area contributed by atoms with Gasteiger partial charge >= 0.3 is 0 Å². The summed E-state index contributed by atoms with van der Waals surface area (Å²) in [7, 11) is 0.770. The number of carbonyl (C=O) groups excluding carboxylic acids is 2. The Morgan fingerprint density at radius 2 is 2.26 bits per heavy atom. The normalized spacial score (nSPS) is 21.8. The second kappa shape index (κ2) is 7.18. The number of hydrogen-bond acceptors (Lipinski definition) is 3. The summed E-state index contributed by atoms with van der Waals surface area (Å²) in [6, 6.07) is 0. The number of nitrogens with zero attached hydrogens (tertiary/aromatic N) is 1. The molecule has 0 aromatic carbocycles. The molecule has 0 aromatic heterocycles. The highest BCUT2D eigenvalue weighted by Gasteiger charge is 2.36. The second-order valence-electron chi connectivity index (χ2n) is 5.48. The van der Waals surface area contributed by atoms with Crippen LogP contribution >= 0.6 is 30.8 Å². The standard InChI is InChI=1S/C12H20BIN2O2P/c1-8(6-12(2,3)19-13-14)4-9-5-10(17)16(7-15)11(9)18/h4,9,19H,5-7,15H2,1-3H3/b8-4+. The first kappa shape index (κ1) is 17.1. The number of allylic oxidation sites excluding steroid dienone is 1. The molecule has 4 nitrogen and oxygen atoms in total. The van der Waals surface area contributed by atoms with Gasteiger partial charge in [-0.3, -0.25) is 14.5 Å². The number of nitrogens with two attached hydrogens (primary N) is 1. The Kier molecular flexibility index (Phi) is 6.47. The van der Waals surface area contributed by atoms with E-state index >= 15 is 0 Å². The zero-order valence-electron chi connectivity index (χ0n) is 11.6.